The van der Waals surface area contributed by atoms with Crippen LogP contribution >= 0.6 is 0 Å². The van der Waals surface area contributed by atoms with Gasteiger partial charge in [-0.05, 0) is 13.8 Å². The predicted molar refractivity (Wildman–Crippen MR) is 54.6 cm³/mol. The minimum absolute atomic E-state index is 0.0336. The van der Waals surface area contributed by atoms with Crippen LogP contribution in [0.3, 0.4) is 0 Å². The van der Waals surface area contributed by atoms with Crippen molar-refractivity contribution in [2.75, 3.05) is 13.6 Å². The second-order valence-corrected chi connectivity index (χ2v) is 2.68. The zero-order valence-electron chi connectivity index (χ0n) is 8.42. The number of aliphatic imine (C=N–C) groups is 1. The summed E-state index contributed by atoms with van der Waals surface area (Å²) in [6, 6.07) is 0. The van der Waals surface area contributed by atoms with Gasteiger partial charge in [0.25, 0.3) is 0 Å². The van der Waals surface area contributed by atoms with Gasteiger partial charge in [-0.25, -0.2) is 0 Å². The Bertz CT molecular complexity index is 231. The molecule has 0 heterocycles. The maximum atomic E-state index is 10.9. The van der Waals surface area contributed by atoms with Gasteiger partial charge in [-0.2, -0.15) is 0 Å². The Morgan fingerprint density at radius 1 is 1.62 bits per heavy atom. The van der Waals surface area contributed by atoms with Gasteiger partial charge in [-0.1, -0.05) is 6.08 Å². The van der Waals surface area contributed by atoms with Crippen LogP contribution in [-0.4, -0.2) is 25.2 Å². The summed E-state index contributed by atoms with van der Waals surface area (Å²) in [7, 11) is 1.61. The largest absolute Gasteiger partial charge is 0.359 e. The topological polar surface area (TPSA) is 67.5 Å². The van der Waals surface area contributed by atoms with Crippen molar-refractivity contribution in [2.45, 2.75) is 20.3 Å². The fourth-order valence-corrected chi connectivity index (χ4v) is 0.833. The van der Waals surface area contributed by atoms with Gasteiger partial charge >= 0.3 is 0 Å². The van der Waals surface area contributed by atoms with E-state index in [0.717, 1.165) is 11.4 Å². The van der Waals surface area contributed by atoms with Gasteiger partial charge in [-0.3, -0.25) is 9.79 Å². The fraction of sp³-hybridized carbons (Fsp3) is 0.556. The van der Waals surface area contributed by atoms with E-state index in [2.05, 4.69) is 10.3 Å². The minimum atomic E-state index is -0.0336. The molecule has 0 fully saturated rings. The van der Waals surface area contributed by atoms with Gasteiger partial charge in [0.2, 0.25) is 5.91 Å². The number of hydrogen-bond acceptors (Lipinski definition) is 3. The molecule has 0 aliphatic carbocycles. The first kappa shape index (κ1) is 11.8. The van der Waals surface area contributed by atoms with Crippen molar-refractivity contribution in [3.63, 3.8) is 0 Å². The molecule has 74 valence electrons. The van der Waals surface area contributed by atoms with Crippen molar-refractivity contribution in [3.05, 3.63) is 11.8 Å². The smallest absolute Gasteiger partial charge is 0.225 e. The molecular weight excluding hydrogens is 166 g/mol. The molecule has 4 heteroatoms. The lowest BCUT2D eigenvalue weighted by Gasteiger charge is -2.01. The molecule has 0 saturated carbocycles. The quantitative estimate of drug-likeness (QED) is 0.621. The van der Waals surface area contributed by atoms with Gasteiger partial charge in [0.1, 0.15) is 0 Å². The third-order valence-electron chi connectivity index (χ3n) is 1.57. The molecule has 0 aromatic carbocycles. The summed E-state index contributed by atoms with van der Waals surface area (Å²) in [6.07, 6.45) is 2.17. The summed E-state index contributed by atoms with van der Waals surface area (Å²) in [4.78, 5) is 15.1. The number of allylic oxidation sites excluding steroid dienone is 1. The Labute approximate surface area is 78.9 Å². The molecule has 13 heavy (non-hydrogen) atoms. The number of carbonyl (C=O) groups excluding carboxylic acids is 1. The lowest BCUT2D eigenvalue weighted by molar-refractivity contribution is -0.119. The van der Waals surface area contributed by atoms with Crippen LogP contribution in [0.15, 0.2) is 16.8 Å². The SMILES string of the molecule is C/C=C(CN)\N=C(/C)CC(=O)NC. The normalized spacial score (nSPS) is 12.9. The van der Waals surface area contributed by atoms with E-state index < -0.39 is 0 Å². The van der Waals surface area contributed by atoms with E-state index >= 15 is 0 Å². The van der Waals surface area contributed by atoms with E-state index in [0.29, 0.717) is 13.0 Å². The van der Waals surface area contributed by atoms with Crippen molar-refractivity contribution >= 4 is 11.6 Å². The van der Waals surface area contributed by atoms with E-state index in [1.165, 1.54) is 0 Å². The molecule has 0 rings (SSSR count). The number of nitrogens with two attached hydrogens (primary N) is 1. The Morgan fingerprint density at radius 3 is 2.62 bits per heavy atom. The molecule has 0 aliphatic heterocycles. The molecule has 0 aromatic heterocycles. The summed E-state index contributed by atoms with van der Waals surface area (Å²) in [6.45, 7) is 4.09. The van der Waals surface area contributed by atoms with Crippen LogP contribution in [0.5, 0.6) is 0 Å². The lowest BCUT2D eigenvalue weighted by atomic mass is 10.3. The zero-order chi connectivity index (χ0) is 10.3. The molecule has 0 saturated heterocycles. The highest BCUT2D eigenvalue weighted by molar-refractivity contribution is 6.00. The molecule has 0 aromatic rings. The molecule has 0 radical (unpaired) electrons. The average molecular weight is 183 g/mol. The first-order valence-electron chi connectivity index (χ1n) is 4.24. The monoisotopic (exact) mass is 183 g/mol. The van der Waals surface area contributed by atoms with Crippen LogP contribution in [0.25, 0.3) is 0 Å². The lowest BCUT2D eigenvalue weighted by Crippen LogP contribution is -2.20. The molecule has 0 bridgehead atoms. The molecule has 3 N–H and O–H groups in total. The molecule has 0 aliphatic rings. The van der Waals surface area contributed by atoms with Gasteiger partial charge in [-0.15, -0.1) is 0 Å². The number of rotatable bonds is 4. The highest BCUT2D eigenvalue weighted by atomic mass is 16.1. The second kappa shape index (κ2) is 6.37. The highest BCUT2D eigenvalue weighted by Crippen LogP contribution is 1.96. The third-order valence-corrected chi connectivity index (χ3v) is 1.57. The summed E-state index contributed by atoms with van der Waals surface area (Å²) in [5.74, 6) is -0.0336. The number of carbonyl (C=O) groups is 1. The number of nitrogens with one attached hydrogen (secondary N) is 1. The number of nitrogens with zero attached hydrogens (tertiary/aromatic N) is 1. The van der Waals surface area contributed by atoms with Crippen molar-refractivity contribution in [1.29, 1.82) is 0 Å². The van der Waals surface area contributed by atoms with Gasteiger partial charge in [0.05, 0.1) is 6.42 Å². The Morgan fingerprint density at radius 2 is 2.23 bits per heavy atom. The van der Waals surface area contributed by atoms with Crippen molar-refractivity contribution in [3.8, 4) is 0 Å². The molecule has 4 nitrogen and oxygen atoms in total. The maximum absolute atomic E-state index is 10.9. The summed E-state index contributed by atoms with van der Waals surface area (Å²) in [5.41, 5.74) is 7.00. The van der Waals surface area contributed by atoms with Crippen molar-refractivity contribution in [2.24, 2.45) is 10.7 Å². The van der Waals surface area contributed by atoms with Crippen molar-refractivity contribution in [1.82, 2.24) is 5.32 Å². The molecule has 0 unspecified atom stereocenters. The summed E-state index contributed by atoms with van der Waals surface area (Å²) >= 11 is 0. The fourth-order valence-electron chi connectivity index (χ4n) is 0.833. The van der Waals surface area contributed by atoms with Gasteiger partial charge in [0, 0.05) is 25.0 Å². The van der Waals surface area contributed by atoms with Gasteiger partial charge < -0.3 is 11.1 Å². The predicted octanol–water partition coefficient (Wildman–Crippen LogP) is 0.446. The minimum Gasteiger partial charge on any atom is -0.359 e. The highest BCUT2D eigenvalue weighted by Gasteiger charge is 2.00. The Kier molecular flexibility index (Phi) is 5.80. The third kappa shape index (κ3) is 5.14. The van der Waals surface area contributed by atoms with E-state index in [4.69, 9.17) is 5.73 Å². The van der Waals surface area contributed by atoms with Crippen LogP contribution in [-0.2, 0) is 4.79 Å². The Hall–Kier alpha value is -1.16. The van der Waals surface area contributed by atoms with Crippen LogP contribution in [0.1, 0.15) is 20.3 Å². The maximum Gasteiger partial charge on any atom is 0.225 e. The summed E-state index contributed by atoms with van der Waals surface area (Å²) in [5, 5.41) is 2.53. The van der Waals surface area contributed by atoms with Crippen molar-refractivity contribution < 1.29 is 4.79 Å². The Balaban J connectivity index is 4.23. The average Bonchev–Trinajstić information content (AvgIpc) is 2.13. The zero-order valence-corrected chi connectivity index (χ0v) is 8.42. The molecule has 0 spiro atoms. The number of hydrogen-bond donors (Lipinski definition) is 2. The van der Waals surface area contributed by atoms with E-state index in [-0.39, 0.29) is 5.91 Å². The first-order chi connectivity index (χ1) is 6.13. The van der Waals surface area contributed by atoms with Crippen LogP contribution in [0, 0.1) is 0 Å². The summed E-state index contributed by atoms with van der Waals surface area (Å²) < 4.78 is 0. The standard InChI is InChI=1S/C9H17N3O/c1-4-8(6-10)12-7(2)5-9(13)11-3/h4H,5-6,10H2,1-3H3,(H,11,13)/b8-4-,12-7+. The molecule has 0 atom stereocenters. The van der Waals surface area contributed by atoms with Crippen LogP contribution < -0.4 is 11.1 Å². The van der Waals surface area contributed by atoms with Crippen LogP contribution in [0.2, 0.25) is 0 Å². The first-order valence-corrected chi connectivity index (χ1v) is 4.24. The molecular formula is C9H17N3O. The van der Waals surface area contributed by atoms with E-state index in [9.17, 15) is 4.79 Å². The van der Waals surface area contributed by atoms with Gasteiger partial charge in [0.15, 0.2) is 0 Å². The van der Waals surface area contributed by atoms with E-state index in [1.54, 1.807) is 7.05 Å². The second-order valence-electron chi connectivity index (χ2n) is 2.68. The van der Waals surface area contributed by atoms with E-state index in [1.807, 2.05) is 19.9 Å². The number of amides is 1. The molecule has 1 amide bonds. The van der Waals surface area contributed by atoms with Crippen LogP contribution in [0.4, 0.5) is 0 Å².